The van der Waals surface area contributed by atoms with E-state index >= 15 is 4.39 Å². The van der Waals surface area contributed by atoms with Crippen molar-refractivity contribution in [2.75, 3.05) is 13.1 Å². The summed E-state index contributed by atoms with van der Waals surface area (Å²) in [5.74, 6) is -0.868. The number of amides is 1. The Morgan fingerprint density at radius 1 is 0.969 bits per heavy atom. The van der Waals surface area contributed by atoms with Gasteiger partial charge in [-0.3, -0.25) is 14.8 Å². The van der Waals surface area contributed by atoms with E-state index in [1.165, 1.54) is 12.3 Å². The van der Waals surface area contributed by atoms with Crippen LogP contribution in [0.3, 0.4) is 0 Å². The number of hydrogen-bond acceptors (Lipinski definition) is 5. The monoisotopic (exact) mass is 429 g/mol. The van der Waals surface area contributed by atoms with Gasteiger partial charge in [0.2, 0.25) is 5.91 Å². The lowest BCUT2D eigenvalue weighted by Crippen LogP contribution is -2.40. The van der Waals surface area contributed by atoms with Gasteiger partial charge in [-0.15, -0.1) is 0 Å². The van der Waals surface area contributed by atoms with Crippen molar-refractivity contribution in [2.45, 2.75) is 30.3 Å². The highest BCUT2D eigenvalue weighted by Gasteiger charge is 2.58. The summed E-state index contributed by atoms with van der Waals surface area (Å²) in [6.07, 6.45) is 8.23. The maximum atomic E-state index is 15.2. The SMILES string of the molecule is O=C1OC2(CCN(C(=O)C3(c4ccc(-c5ccncc5)cc4F)CC3)C2)c2ccncc21. The van der Waals surface area contributed by atoms with Crippen LogP contribution in [-0.4, -0.2) is 39.8 Å². The van der Waals surface area contributed by atoms with Crippen LogP contribution in [0.15, 0.2) is 61.2 Å². The van der Waals surface area contributed by atoms with E-state index in [0.717, 1.165) is 16.7 Å². The number of ether oxygens (including phenoxy) is 1. The summed E-state index contributed by atoms with van der Waals surface area (Å²) in [5.41, 5.74) is 1.64. The van der Waals surface area contributed by atoms with Crippen LogP contribution in [-0.2, 0) is 20.5 Å². The van der Waals surface area contributed by atoms with E-state index in [1.807, 2.05) is 18.2 Å². The molecule has 1 atom stereocenters. The summed E-state index contributed by atoms with van der Waals surface area (Å²) in [4.78, 5) is 35.6. The summed E-state index contributed by atoms with van der Waals surface area (Å²) in [6, 6.07) is 10.5. The molecule has 3 aliphatic rings. The Balaban J connectivity index is 1.28. The Morgan fingerprint density at radius 2 is 1.75 bits per heavy atom. The second-order valence-electron chi connectivity index (χ2n) is 8.79. The molecule has 1 spiro atoms. The Morgan fingerprint density at radius 3 is 2.50 bits per heavy atom. The number of carbonyl (C=O) groups is 2. The molecule has 1 saturated carbocycles. The lowest BCUT2D eigenvalue weighted by molar-refractivity contribution is -0.134. The van der Waals surface area contributed by atoms with Crippen molar-refractivity contribution in [1.29, 1.82) is 0 Å². The average molecular weight is 429 g/mol. The number of rotatable bonds is 3. The largest absolute Gasteiger partial charge is 0.449 e. The number of benzene rings is 1. The molecule has 160 valence electrons. The molecule has 3 aromatic rings. The number of pyridine rings is 2. The molecule has 2 aliphatic heterocycles. The van der Waals surface area contributed by atoms with E-state index in [2.05, 4.69) is 9.97 Å². The third-order valence-corrected chi connectivity index (χ3v) is 7.00. The third-order valence-electron chi connectivity index (χ3n) is 7.00. The zero-order valence-corrected chi connectivity index (χ0v) is 17.3. The molecule has 1 aromatic carbocycles. The number of hydrogen-bond donors (Lipinski definition) is 0. The minimum Gasteiger partial charge on any atom is -0.449 e. The van der Waals surface area contributed by atoms with Gasteiger partial charge in [-0.05, 0) is 48.2 Å². The average Bonchev–Trinajstić information content (AvgIpc) is 3.44. The summed E-state index contributed by atoms with van der Waals surface area (Å²) >= 11 is 0. The zero-order valence-electron chi connectivity index (χ0n) is 17.3. The van der Waals surface area contributed by atoms with Gasteiger partial charge in [0.1, 0.15) is 5.82 Å². The minimum atomic E-state index is -0.837. The molecule has 1 unspecified atom stereocenters. The van der Waals surface area contributed by atoms with Crippen LogP contribution in [0.5, 0.6) is 0 Å². The lowest BCUT2D eigenvalue weighted by atomic mass is 9.91. The maximum absolute atomic E-state index is 15.2. The Bertz CT molecular complexity index is 1260. The Hall–Kier alpha value is -3.61. The number of esters is 1. The molecule has 1 aliphatic carbocycles. The molecule has 1 amide bonds. The Kier molecular flexibility index (Phi) is 4.00. The molecule has 0 N–H and O–H groups in total. The van der Waals surface area contributed by atoms with Crippen molar-refractivity contribution < 1.29 is 18.7 Å². The van der Waals surface area contributed by atoms with Crippen molar-refractivity contribution in [3.05, 3.63) is 83.7 Å². The predicted octanol–water partition coefficient (Wildman–Crippen LogP) is 3.61. The first-order valence-corrected chi connectivity index (χ1v) is 10.7. The number of carbonyl (C=O) groups excluding carboxylic acids is 2. The first-order chi connectivity index (χ1) is 15.5. The molecular weight excluding hydrogens is 409 g/mol. The normalized spacial score (nSPS) is 22.7. The van der Waals surface area contributed by atoms with Crippen molar-refractivity contribution in [2.24, 2.45) is 0 Å². The van der Waals surface area contributed by atoms with Crippen LogP contribution in [0.4, 0.5) is 4.39 Å². The first-order valence-electron chi connectivity index (χ1n) is 10.7. The molecule has 6 rings (SSSR count). The number of fused-ring (bicyclic) bond motifs is 2. The second kappa shape index (κ2) is 6.69. The van der Waals surface area contributed by atoms with Crippen molar-refractivity contribution in [3.8, 4) is 11.1 Å². The summed E-state index contributed by atoms with van der Waals surface area (Å²) < 4.78 is 20.9. The third kappa shape index (κ3) is 2.70. The fraction of sp³-hybridized carbons (Fsp3) is 0.280. The summed E-state index contributed by atoms with van der Waals surface area (Å²) in [5, 5.41) is 0. The topological polar surface area (TPSA) is 72.4 Å². The molecule has 2 aromatic heterocycles. The van der Waals surface area contributed by atoms with Crippen LogP contribution in [0, 0.1) is 5.82 Å². The molecule has 0 radical (unpaired) electrons. The standard InChI is InChI=1S/C25H20FN3O3/c26-21-13-17(16-3-9-27-10-4-16)1-2-20(21)24(6-7-24)23(31)29-12-8-25(15-29)19-5-11-28-14-18(19)22(30)32-25/h1-5,9-11,13-14H,6-8,12,15H2. The summed E-state index contributed by atoms with van der Waals surface area (Å²) in [6.45, 7) is 0.749. The summed E-state index contributed by atoms with van der Waals surface area (Å²) in [7, 11) is 0. The van der Waals surface area contributed by atoms with Gasteiger partial charge >= 0.3 is 5.97 Å². The van der Waals surface area contributed by atoms with Crippen LogP contribution < -0.4 is 0 Å². The highest BCUT2D eigenvalue weighted by atomic mass is 19.1. The maximum Gasteiger partial charge on any atom is 0.341 e. The van der Waals surface area contributed by atoms with Crippen molar-refractivity contribution in [1.82, 2.24) is 14.9 Å². The van der Waals surface area contributed by atoms with E-state index in [-0.39, 0.29) is 18.3 Å². The van der Waals surface area contributed by atoms with Crippen LogP contribution in [0.25, 0.3) is 11.1 Å². The molecule has 32 heavy (non-hydrogen) atoms. The zero-order chi connectivity index (χ0) is 21.9. The lowest BCUT2D eigenvalue weighted by Gasteiger charge is -2.27. The Labute approximate surface area is 184 Å². The number of aromatic nitrogens is 2. The van der Waals surface area contributed by atoms with Crippen molar-refractivity contribution in [3.63, 3.8) is 0 Å². The van der Waals surface area contributed by atoms with Gasteiger partial charge in [0.25, 0.3) is 0 Å². The fourth-order valence-electron chi connectivity index (χ4n) is 5.15. The molecule has 6 nitrogen and oxygen atoms in total. The van der Waals surface area contributed by atoms with Gasteiger partial charge in [0.15, 0.2) is 5.60 Å². The molecular formula is C25H20FN3O3. The van der Waals surface area contributed by atoms with Crippen LogP contribution in [0.1, 0.15) is 40.7 Å². The molecule has 0 bridgehead atoms. The number of halogens is 1. The minimum absolute atomic E-state index is 0.0940. The van der Waals surface area contributed by atoms with E-state index in [0.29, 0.717) is 36.9 Å². The van der Waals surface area contributed by atoms with Crippen LogP contribution >= 0.6 is 0 Å². The molecule has 1 saturated heterocycles. The van der Waals surface area contributed by atoms with Gasteiger partial charge in [-0.1, -0.05) is 12.1 Å². The smallest absolute Gasteiger partial charge is 0.341 e. The number of likely N-dealkylation sites (tertiary alicyclic amines) is 1. The van der Waals surface area contributed by atoms with Gasteiger partial charge in [-0.25, -0.2) is 9.18 Å². The molecule has 4 heterocycles. The highest BCUT2D eigenvalue weighted by Crippen LogP contribution is 2.52. The van der Waals surface area contributed by atoms with Gasteiger partial charge in [0.05, 0.1) is 17.5 Å². The van der Waals surface area contributed by atoms with E-state index in [9.17, 15) is 9.59 Å². The van der Waals surface area contributed by atoms with E-state index in [1.54, 1.807) is 35.6 Å². The van der Waals surface area contributed by atoms with Crippen molar-refractivity contribution >= 4 is 11.9 Å². The second-order valence-corrected chi connectivity index (χ2v) is 8.79. The van der Waals surface area contributed by atoms with E-state index in [4.69, 9.17) is 4.74 Å². The molecule has 2 fully saturated rings. The van der Waals surface area contributed by atoms with Gasteiger partial charge < -0.3 is 9.64 Å². The van der Waals surface area contributed by atoms with Crippen LogP contribution in [0.2, 0.25) is 0 Å². The first kappa shape index (κ1) is 19.1. The number of nitrogens with zero attached hydrogens (tertiary/aromatic N) is 3. The van der Waals surface area contributed by atoms with E-state index < -0.39 is 17.0 Å². The highest BCUT2D eigenvalue weighted by molar-refractivity contribution is 5.95. The van der Waals surface area contributed by atoms with Gasteiger partial charge in [0, 0.05) is 48.9 Å². The van der Waals surface area contributed by atoms with Gasteiger partial charge in [-0.2, -0.15) is 0 Å². The fourth-order valence-corrected chi connectivity index (χ4v) is 5.15. The predicted molar refractivity (Wildman–Crippen MR) is 113 cm³/mol. The molecule has 7 heteroatoms. The quantitative estimate of drug-likeness (QED) is 0.595.